The molecule has 4 rings (SSSR count). The van der Waals surface area contributed by atoms with Crippen molar-refractivity contribution in [1.82, 2.24) is 14.5 Å². The largest absolute Gasteiger partial charge is 0.382 e. The Morgan fingerprint density at radius 2 is 1.93 bits per heavy atom. The van der Waals surface area contributed by atoms with E-state index in [0.717, 1.165) is 22.2 Å². The molecule has 2 aromatic heterocycles. The third-order valence-corrected chi connectivity index (χ3v) is 5.04. The van der Waals surface area contributed by atoms with Crippen LogP contribution in [-0.4, -0.2) is 34.0 Å². The molecule has 0 fully saturated rings. The summed E-state index contributed by atoms with van der Waals surface area (Å²) in [5.74, 6) is 0.420. The maximum Gasteiger partial charge on any atom is 0.262 e. The monoisotopic (exact) mass is 403 g/mol. The van der Waals surface area contributed by atoms with Crippen molar-refractivity contribution in [2.45, 2.75) is 26.8 Å². The predicted octanol–water partition coefficient (Wildman–Crippen LogP) is 4.06. The maximum absolute atomic E-state index is 13.0. The van der Waals surface area contributed by atoms with E-state index in [1.54, 1.807) is 16.8 Å². The van der Waals surface area contributed by atoms with Gasteiger partial charge in [-0.1, -0.05) is 30.3 Å². The molecule has 0 aliphatic rings. The van der Waals surface area contributed by atoms with Crippen LogP contribution in [0.5, 0.6) is 0 Å². The van der Waals surface area contributed by atoms with Crippen LogP contribution in [0.4, 0.5) is 5.95 Å². The first-order valence-corrected chi connectivity index (χ1v) is 10.1. The lowest BCUT2D eigenvalue weighted by Crippen LogP contribution is -2.25. The Kier molecular flexibility index (Phi) is 5.90. The average molecular weight is 403 g/mol. The Morgan fingerprint density at radius 1 is 1.17 bits per heavy atom. The molecular weight excluding hydrogens is 378 g/mol. The van der Waals surface area contributed by atoms with Crippen LogP contribution in [0.2, 0.25) is 0 Å². The van der Waals surface area contributed by atoms with Crippen LogP contribution in [0.25, 0.3) is 21.8 Å². The first kappa shape index (κ1) is 19.8. The molecule has 0 atom stereocenters. The number of hydrogen-bond acceptors (Lipinski definition) is 5. The molecule has 7 nitrogen and oxygen atoms in total. The van der Waals surface area contributed by atoms with E-state index < -0.39 is 0 Å². The quantitative estimate of drug-likeness (QED) is 0.264. The fraction of sp³-hybridized carbons (Fsp3) is 0.261. The van der Waals surface area contributed by atoms with Crippen LogP contribution in [0.1, 0.15) is 24.6 Å². The number of aromatic amines is 1. The zero-order valence-electron chi connectivity index (χ0n) is 17.2. The van der Waals surface area contributed by atoms with Crippen molar-refractivity contribution in [1.29, 1.82) is 0 Å². The minimum Gasteiger partial charge on any atom is -0.382 e. The SMILES string of the molecule is CCOCCCn1c(N/N=C/c2c(C)[nH]c3ccccc23)nc2ccccc2c1=O. The van der Waals surface area contributed by atoms with Gasteiger partial charge >= 0.3 is 0 Å². The van der Waals surface area contributed by atoms with Crippen molar-refractivity contribution >= 4 is 34.0 Å². The fourth-order valence-corrected chi connectivity index (χ4v) is 3.55. The lowest BCUT2D eigenvalue weighted by molar-refractivity contribution is 0.141. The number of hydrogen-bond donors (Lipinski definition) is 2. The van der Waals surface area contributed by atoms with Crippen LogP contribution < -0.4 is 11.0 Å². The van der Waals surface area contributed by atoms with E-state index in [1.165, 1.54) is 0 Å². The van der Waals surface area contributed by atoms with Crippen molar-refractivity contribution < 1.29 is 4.74 Å². The first-order valence-electron chi connectivity index (χ1n) is 10.1. The summed E-state index contributed by atoms with van der Waals surface area (Å²) in [5, 5.41) is 6.09. The van der Waals surface area contributed by atoms with Gasteiger partial charge in [-0.15, -0.1) is 0 Å². The first-order chi connectivity index (χ1) is 14.7. The minimum absolute atomic E-state index is 0.0851. The van der Waals surface area contributed by atoms with Crippen LogP contribution in [0.15, 0.2) is 58.4 Å². The second-order valence-corrected chi connectivity index (χ2v) is 7.04. The summed E-state index contributed by atoms with van der Waals surface area (Å²) in [6.45, 7) is 5.72. The summed E-state index contributed by atoms with van der Waals surface area (Å²) in [6, 6.07) is 15.4. The van der Waals surface area contributed by atoms with Crippen molar-refractivity contribution in [2.24, 2.45) is 5.10 Å². The molecular formula is C23H25N5O2. The molecule has 0 aliphatic heterocycles. The molecule has 0 saturated heterocycles. The number of ether oxygens (including phenoxy) is 1. The van der Waals surface area contributed by atoms with Gasteiger partial charge in [-0.05, 0) is 38.5 Å². The molecule has 30 heavy (non-hydrogen) atoms. The molecule has 0 amide bonds. The summed E-state index contributed by atoms with van der Waals surface area (Å²) in [6.07, 6.45) is 2.48. The smallest absolute Gasteiger partial charge is 0.262 e. The number of fused-ring (bicyclic) bond motifs is 2. The number of nitrogens with one attached hydrogen (secondary N) is 2. The van der Waals surface area contributed by atoms with Crippen LogP contribution in [0, 0.1) is 6.92 Å². The average Bonchev–Trinajstić information content (AvgIpc) is 3.08. The second-order valence-electron chi connectivity index (χ2n) is 7.04. The highest BCUT2D eigenvalue weighted by Gasteiger charge is 2.11. The normalized spacial score (nSPS) is 11.7. The molecule has 0 bridgehead atoms. The van der Waals surface area contributed by atoms with E-state index >= 15 is 0 Å². The second kappa shape index (κ2) is 8.92. The number of anilines is 1. The van der Waals surface area contributed by atoms with Crippen molar-refractivity contribution in [3.63, 3.8) is 0 Å². The lowest BCUT2D eigenvalue weighted by atomic mass is 10.1. The lowest BCUT2D eigenvalue weighted by Gasteiger charge is -2.12. The van der Waals surface area contributed by atoms with Crippen molar-refractivity contribution in [2.75, 3.05) is 18.6 Å². The summed E-state index contributed by atoms with van der Waals surface area (Å²) in [7, 11) is 0. The molecule has 7 heteroatoms. The van der Waals surface area contributed by atoms with Crippen LogP contribution >= 0.6 is 0 Å². The number of nitrogens with zero attached hydrogens (tertiary/aromatic N) is 3. The molecule has 0 saturated carbocycles. The zero-order chi connectivity index (χ0) is 20.9. The highest BCUT2D eigenvalue weighted by Crippen LogP contribution is 2.20. The van der Waals surface area contributed by atoms with E-state index in [-0.39, 0.29) is 5.56 Å². The maximum atomic E-state index is 13.0. The van der Waals surface area contributed by atoms with Crippen LogP contribution in [0.3, 0.4) is 0 Å². The van der Waals surface area contributed by atoms with Gasteiger partial charge in [0.05, 0.1) is 17.1 Å². The van der Waals surface area contributed by atoms with Crippen LogP contribution in [-0.2, 0) is 11.3 Å². The Morgan fingerprint density at radius 3 is 2.77 bits per heavy atom. The Labute approximate surface area is 174 Å². The number of aryl methyl sites for hydroxylation is 1. The third kappa shape index (κ3) is 3.97. The van der Waals surface area contributed by atoms with Gasteiger partial charge in [0.25, 0.3) is 5.56 Å². The molecule has 2 N–H and O–H groups in total. The van der Waals surface area contributed by atoms with Gasteiger partial charge in [-0.25, -0.2) is 10.4 Å². The standard InChI is InChI=1S/C23H25N5O2/c1-3-30-14-8-13-28-22(29)18-10-5-7-12-21(18)26-23(28)27-24-15-19-16(2)25-20-11-6-4-9-17(19)20/h4-7,9-12,15,25H,3,8,13-14H2,1-2H3,(H,26,27)/b24-15+. The Hall–Kier alpha value is -3.45. The summed E-state index contributed by atoms with van der Waals surface area (Å²) in [5.41, 5.74) is 6.64. The molecule has 0 spiro atoms. The summed E-state index contributed by atoms with van der Waals surface area (Å²) < 4.78 is 7.04. The molecule has 0 radical (unpaired) electrons. The number of aromatic nitrogens is 3. The molecule has 154 valence electrons. The van der Waals surface area contributed by atoms with Gasteiger partial charge < -0.3 is 9.72 Å². The van der Waals surface area contributed by atoms with Gasteiger partial charge in [0, 0.05) is 41.9 Å². The van der Waals surface area contributed by atoms with E-state index in [2.05, 4.69) is 26.6 Å². The number of rotatable bonds is 8. The van der Waals surface area contributed by atoms with E-state index in [9.17, 15) is 4.79 Å². The van der Waals surface area contributed by atoms with E-state index in [0.29, 0.717) is 43.0 Å². The minimum atomic E-state index is -0.0851. The van der Waals surface area contributed by atoms with Gasteiger partial charge in [-0.2, -0.15) is 5.10 Å². The molecule has 4 aromatic rings. The molecule has 2 aromatic carbocycles. The summed E-state index contributed by atoms with van der Waals surface area (Å²) >= 11 is 0. The highest BCUT2D eigenvalue weighted by atomic mass is 16.5. The molecule has 0 aliphatic carbocycles. The van der Waals surface area contributed by atoms with Gasteiger partial charge in [0.2, 0.25) is 5.95 Å². The van der Waals surface area contributed by atoms with Crippen molar-refractivity contribution in [3.05, 3.63) is 70.1 Å². The Balaban J connectivity index is 1.66. The molecule has 2 heterocycles. The highest BCUT2D eigenvalue weighted by molar-refractivity contribution is 6.00. The number of hydrazone groups is 1. The number of para-hydroxylation sites is 2. The Bertz CT molecular complexity index is 1260. The molecule has 0 unspecified atom stereocenters. The van der Waals surface area contributed by atoms with Gasteiger partial charge in [0.1, 0.15) is 0 Å². The summed E-state index contributed by atoms with van der Waals surface area (Å²) in [4.78, 5) is 21.0. The number of benzene rings is 2. The zero-order valence-corrected chi connectivity index (χ0v) is 17.2. The van der Waals surface area contributed by atoms with E-state index in [1.807, 2.05) is 50.2 Å². The van der Waals surface area contributed by atoms with Gasteiger partial charge in [0.15, 0.2) is 0 Å². The third-order valence-electron chi connectivity index (χ3n) is 5.04. The van der Waals surface area contributed by atoms with E-state index in [4.69, 9.17) is 4.74 Å². The van der Waals surface area contributed by atoms with Crippen molar-refractivity contribution in [3.8, 4) is 0 Å². The topological polar surface area (TPSA) is 84.3 Å². The fourth-order valence-electron chi connectivity index (χ4n) is 3.55. The van der Waals surface area contributed by atoms with Gasteiger partial charge in [-0.3, -0.25) is 9.36 Å². The number of H-pyrrole nitrogens is 1. The predicted molar refractivity (Wildman–Crippen MR) is 121 cm³/mol.